The van der Waals surface area contributed by atoms with Gasteiger partial charge in [0.15, 0.2) is 0 Å². The highest BCUT2D eigenvalue weighted by atomic mass is 16.6. The standard InChI is InChI=1S/C12H20N4O3/c1-3-9-11(16(17)18)12(15(2)14-9)19-10-7-5-4-6-8(10)13/h8,10H,3-7,13H2,1-2H3. The van der Waals surface area contributed by atoms with Crippen LogP contribution in [0.5, 0.6) is 5.88 Å². The summed E-state index contributed by atoms with van der Waals surface area (Å²) < 4.78 is 7.25. The maximum absolute atomic E-state index is 11.2. The first-order valence-corrected chi connectivity index (χ1v) is 6.67. The average Bonchev–Trinajstić information content (AvgIpc) is 2.69. The van der Waals surface area contributed by atoms with Crippen LogP contribution in [0.2, 0.25) is 0 Å². The van der Waals surface area contributed by atoms with Gasteiger partial charge in [0.05, 0.1) is 4.92 Å². The van der Waals surface area contributed by atoms with Gasteiger partial charge in [0.1, 0.15) is 11.8 Å². The third-order valence-electron chi connectivity index (χ3n) is 3.57. The Bertz CT molecular complexity index is 472. The minimum Gasteiger partial charge on any atom is -0.468 e. The number of nitrogens with two attached hydrogens (primary N) is 1. The van der Waals surface area contributed by atoms with Gasteiger partial charge in [0, 0.05) is 13.1 Å². The Morgan fingerprint density at radius 1 is 1.53 bits per heavy atom. The zero-order valence-electron chi connectivity index (χ0n) is 11.3. The van der Waals surface area contributed by atoms with E-state index in [-0.39, 0.29) is 23.7 Å². The van der Waals surface area contributed by atoms with Gasteiger partial charge in [-0.15, -0.1) is 0 Å². The van der Waals surface area contributed by atoms with Crippen molar-refractivity contribution in [2.24, 2.45) is 12.8 Å². The highest BCUT2D eigenvalue weighted by Crippen LogP contribution is 2.33. The molecule has 1 aromatic rings. The van der Waals surface area contributed by atoms with E-state index in [2.05, 4.69) is 5.10 Å². The Hall–Kier alpha value is -1.63. The van der Waals surface area contributed by atoms with Crippen molar-refractivity contribution < 1.29 is 9.66 Å². The maximum Gasteiger partial charge on any atom is 0.353 e. The molecule has 1 aromatic heterocycles. The van der Waals surface area contributed by atoms with Gasteiger partial charge >= 0.3 is 5.69 Å². The first-order chi connectivity index (χ1) is 9.04. The van der Waals surface area contributed by atoms with Gasteiger partial charge < -0.3 is 10.5 Å². The first-order valence-electron chi connectivity index (χ1n) is 6.67. The van der Waals surface area contributed by atoms with E-state index in [4.69, 9.17) is 10.5 Å². The molecular weight excluding hydrogens is 248 g/mol. The lowest BCUT2D eigenvalue weighted by Gasteiger charge is -2.28. The van der Waals surface area contributed by atoms with Gasteiger partial charge in [-0.25, -0.2) is 4.68 Å². The lowest BCUT2D eigenvalue weighted by Crippen LogP contribution is -2.41. The Morgan fingerprint density at radius 3 is 2.79 bits per heavy atom. The van der Waals surface area contributed by atoms with Gasteiger partial charge in [-0.1, -0.05) is 13.3 Å². The molecule has 1 fully saturated rings. The summed E-state index contributed by atoms with van der Waals surface area (Å²) in [4.78, 5) is 10.8. The summed E-state index contributed by atoms with van der Waals surface area (Å²) in [7, 11) is 1.66. The second kappa shape index (κ2) is 5.56. The predicted molar refractivity (Wildman–Crippen MR) is 70.1 cm³/mol. The zero-order chi connectivity index (χ0) is 14.0. The Kier molecular flexibility index (Phi) is 4.04. The van der Waals surface area contributed by atoms with Crippen LogP contribution in [-0.4, -0.2) is 26.8 Å². The van der Waals surface area contributed by atoms with Crippen LogP contribution in [0.1, 0.15) is 38.3 Å². The van der Waals surface area contributed by atoms with Crippen molar-refractivity contribution in [1.29, 1.82) is 0 Å². The molecule has 0 bridgehead atoms. The molecule has 0 aromatic carbocycles. The van der Waals surface area contributed by atoms with Gasteiger partial charge in [0.25, 0.3) is 5.88 Å². The average molecular weight is 268 g/mol. The van der Waals surface area contributed by atoms with E-state index in [1.807, 2.05) is 6.92 Å². The lowest BCUT2D eigenvalue weighted by atomic mass is 9.93. The number of hydrogen-bond acceptors (Lipinski definition) is 5. The van der Waals surface area contributed by atoms with Gasteiger partial charge in [0.2, 0.25) is 0 Å². The van der Waals surface area contributed by atoms with E-state index in [0.717, 1.165) is 25.7 Å². The summed E-state index contributed by atoms with van der Waals surface area (Å²) in [5, 5.41) is 15.3. The lowest BCUT2D eigenvalue weighted by molar-refractivity contribution is -0.386. The second-order valence-corrected chi connectivity index (χ2v) is 4.94. The van der Waals surface area contributed by atoms with Crippen molar-refractivity contribution in [2.75, 3.05) is 0 Å². The van der Waals surface area contributed by atoms with Crippen LogP contribution >= 0.6 is 0 Å². The van der Waals surface area contributed by atoms with Crippen molar-refractivity contribution >= 4 is 5.69 Å². The van der Waals surface area contributed by atoms with E-state index in [0.29, 0.717) is 12.1 Å². The van der Waals surface area contributed by atoms with Crippen molar-refractivity contribution in [2.45, 2.75) is 51.2 Å². The fraction of sp³-hybridized carbons (Fsp3) is 0.750. The number of ether oxygens (including phenoxy) is 1. The Labute approximate surface area is 111 Å². The molecule has 0 amide bonds. The van der Waals surface area contributed by atoms with Gasteiger partial charge in [-0.2, -0.15) is 5.10 Å². The molecule has 2 N–H and O–H groups in total. The second-order valence-electron chi connectivity index (χ2n) is 4.94. The molecule has 1 heterocycles. The summed E-state index contributed by atoms with van der Waals surface area (Å²) in [6, 6.07) is -0.0617. The largest absolute Gasteiger partial charge is 0.468 e. The molecule has 1 aliphatic rings. The Morgan fingerprint density at radius 2 is 2.21 bits per heavy atom. The van der Waals surface area contributed by atoms with Crippen molar-refractivity contribution in [3.63, 3.8) is 0 Å². The monoisotopic (exact) mass is 268 g/mol. The van der Waals surface area contributed by atoms with Crippen LogP contribution in [0.3, 0.4) is 0 Å². The minimum atomic E-state index is -0.421. The van der Waals surface area contributed by atoms with Crippen molar-refractivity contribution in [3.05, 3.63) is 15.8 Å². The number of hydrogen-bond donors (Lipinski definition) is 1. The third kappa shape index (κ3) is 2.70. The molecule has 2 unspecified atom stereocenters. The molecule has 0 aliphatic heterocycles. The summed E-state index contributed by atoms with van der Waals surface area (Å²) >= 11 is 0. The van der Waals surface area contributed by atoms with Crippen molar-refractivity contribution in [1.82, 2.24) is 9.78 Å². The molecule has 1 aliphatic carbocycles. The van der Waals surface area contributed by atoms with E-state index in [1.165, 1.54) is 4.68 Å². The number of aromatic nitrogens is 2. The molecule has 0 spiro atoms. The SMILES string of the molecule is CCc1nn(C)c(OC2CCCCC2N)c1[N+](=O)[O-]. The zero-order valence-corrected chi connectivity index (χ0v) is 11.3. The summed E-state index contributed by atoms with van der Waals surface area (Å²) in [6.07, 6.45) is 4.22. The molecule has 2 atom stereocenters. The third-order valence-corrected chi connectivity index (χ3v) is 3.57. The van der Waals surface area contributed by atoms with Crippen molar-refractivity contribution in [3.8, 4) is 5.88 Å². The smallest absolute Gasteiger partial charge is 0.353 e. The Balaban J connectivity index is 2.28. The number of aryl methyl sites for hydroxylation is 2. The maximum atomic E-state index is 11.2. The van der Waals surface area contributed by atoms with E-state index in [9.17, 15) is 10.1 Å². The van der Waals surface area contributed by atoms with Crippen LogP contribution < -0.4 is 10.5 Å². The van der Waals surface area contributed by atoms with E-state index in [1.54, 1.807) is 7.05 Å². The molecule has 1 saturated carbocycles. The van der Waals surface area contributed by atoms with E-state index < -0.39 is 4.92 Å². The number of rotatable bonds is 4. The first kappa shape index (κ1) is 13.8. The topological polar surface area (TPSA) is 96.2 Å². The normalized spacial score (nSPS) is 23.3. The molecule has 19 heavy (non-hydrogen) atoms. The molecule has 7 nitrogen and oxygen atoms in total. The fourth-order valence-electron chi connectivity index (χ4n) is 2.52. The molecule has 106 valence electrons. The molecule has 0 saturated heterocycles. The number of nitrogens with zero attached hydrogens (tertiary/aromatic N) is 3. The fourth-order valence-corrected chi connectivity index (χ4v) is 2.52. The summed E-state index contributed by atoms with van der Waals surface area (Å²) in [5.41, 5.74) is 6.44. The van der Waals surface area contributed by atoms with Crippen LogP contribution in [0, 0.1) is 10.1 Å². The van der Waals surface area contributed by atoms with Gasteiger partial charge in [-0.05, 0) is 25.7 Å². The molecule has 0 radical (unpaired) electrons. The molecular formula is C12H20N4O3. The quantitative estimate of drug-likeness (QED) is 0.660. The van der Waals surface area contributed by atoms with Crippen LogP contribution in [-0.2, 0) is 13.5 Å². The molecule has 2 rings (SSSR count). The summed E-state index contributed by atoms with van der Waals surface area (Å²) in [6.45, 7) is 1.84. The van der Waals surface area contributed by atoms with Crippen LogP contribution in [0.15, 0.2) is 0 Å². The van der Waals surface area contributed by atoms with E-state index >= 15 is 0 Å². The van der Waals surface area contributed by atoms with Crippen LogP contribution in [0.4, 0.5) is 5.69 Å². The van der Waals surface area contributed by atoms with Crippen LogP contribution in [0.25, 0.3) is 0 Å². The predicted octanol–water partition coefficient (Wildman–Crippen LogP) is 1.54. The molecule has 7 heteroatoms. The highest BCUT2D eigenvalue weighted by molar-refractivity contribution is 5.46. The highest BCUT2D eigenvalue weighted by Gasteiger charge is 2.32. The minimum absolute atomic E-state index is 0.0252. The summed E-state index contributed by atoms with van der Waals surface area (Å²) in [5.74, 6) is 0.226. The number of nitro groups is 1. The van der Waals surface area contributed by atoms with Gasteiger partial charge in [-0.3, -0.25) is 10.1 Å².